The van der Waals surface area contributed by atoms with Crippen LogP contribution in [-0.4, -0.2) is 53.3 Å². The van der Waals surface area contributed by atoms with Crippen LogP contribution in [0.25, 0.3) is 0 Å². The van der Waals surface area contributed by atoms with Gasteiger partial charge in [0.05, 0.1) is 6.61 Å². The van der Waals surface area contributed by atoms with E-state index in [-0.39, 0.29) is 29.7 Å². The van der Waals surface area contributed by atoms with E-state index < -0.39 is 11.9 Å². The summed E-state index contributed by atoms with van der Waals surface area (Å²) in [7, 11) is 3.21. The molecule has 5 nitrogen and oxygen atoms in total. The Morgan fingerprint density at radius 3 is 2.43 bits per heavy atom. The Bertz CT molecular complexity index is 466. The van der Waals surface area contributed by atoms with E-state index in [4.69, 9.17) is 0 Å². The van der Waals surface area contributed by atoms with Gasteiger partial charge < -0.3 is 15.3 Å². The van der Waals surface area contributed by atoms with Gasteiger partial charge in [-0.25, -0.2) is 4.98 Å². The SMILES string of the molecule is CS[C@@H](CO)[C@@H](C)Nc1nc(N(C)C)cc(C(F)(F)F)n1. The molecule has 0 unspecified atom stereocenters. The summed E-state index contributed by atoms with van der Waals surface area (Å²) in [5.74, 6) is 0.0604. The smallest absolute Gasteiger partial charge is 0.395 e. The van der Waals surface area contributed by atoms with Crippen LogP contribution in [0, 0.1) is 0 Å². The van der Waals surface area contributed by atoms with Crippen molar-refractivity contribution in [2.75, 3.05) is 37.2 Å². The van der Waals surface area contributed by atoms with Crippen molar-refractivity contribution in [3.63, 3.8) is 0 Å². The molecule has 0 aromatic carbocycles. The molecule has 9 heteroatoms. The highest BCUT2D eigenvalue weighted by Gasteiger charge is 2.34. The lowest BCUT2D eigenvalue weighted by molar-refractivity contribution is -0.141. The molecule has 0 aliphatic rings. The van der Waals surface area contributed by atoms with E-state index in [0.717, 1.165) is 6.07 Å². The van der Waals surface area contributed by atoms with Gasteiger partial charge in [-0.05, 0) is 13.2 Å². The van der Waals surface area contributed by atoms with Crippen LogP contribution in [0.2, 0.25) is 0 Å². The molecule has 0 aliphatic heterocycles. The zero-order valence-electron chi connectivity index (χ0n) is 12.3. The first-order valence-electron chi connectivity index (χ1n) is 6.22. The number of thioether (sulfide) groups is 1. The summed E-state index contributed by atoms with van der Waals surface area (Å²) in [5.41, 5.74) is -0.999. The molecule has 0 bridgehead atoms. The van der Waals surface area contributed by atoms with Crippen molar-refractivity contribution in [3.8, 4) is 0 Å². The standard InChI is InChI=1S/C12H19F3N4OS/c1-7(8(6-20)21-4)16-11-17-9(12(13,14)15)5-10(18-11)19(2)3/h5,7-8,20H,6H2,1-4H3,(H,16,17,18)/t7-,8+/m1/s1. The highest BCUT2D eigenvalue weighted by atomic mass is 32.2. The first-order chi connectivity index (χ1) is 9.68. The molecular weight excluding hydrogens is 305 g/mol. The molecule has 0 saturated heterocycles. The Morgan fingerprint density at radius 1 is 1.38 bits per heavy atom. The normalized spacial score (nSPS) is 14.7. The summed E-state index contributed by atoms with van der Waals surface area (Å²) in [6.45, 7) is 1.67. The number of anilines is 2. The number of alkyl halides is 3. The van der Waals surface area contributed by atoms with Crippen LogP contribution in [0.15, 0.2) is 6.07 Å². The second-order valence-corrected chi connectivity index (χ2v) is 5.79. The summed E-state index contributed by atoms with van der Waals surface area (Å²) in [6, 6.07) is 0.622. The fraction of sp³-hybridized carbons (Fsp3) is 0.667. The number of nitrogens with one attached hydrogen (secondary N) is 1. The topological polar surface area (TPSA) is 61.3 Å². The van der Waals surface area contributed by atoms with Crippen molar-refractivity contribution in [2.24, 2.45) is 0 Å². The second kappa shape index (κ2) is 7.17. The monoisotopic (exact) mass is 324 g/mol. The molecule has 1 aromatic heterocycles. The molecule has 2 N–H and O–H groups in total. The van der Waals surface area contributed by atoms with Crippen LogP contribution in [0.3, 0.4) is 0 Å². The minimum absolute atomic E-state index is 0.0885. The lowest BCUT2D eigenvalue weighted by Crippen LogP contribution is -2.32. The van der Waals surface area contributed by atoms with Crippen molar-refractivity contribution >= 4 is 23.5 Å². The average Bonchev–Trinajstić information content (AvgIpc) is 2.38. The molecule has 120 valence electrons. The van der Waals surface area contributed by atoms with Gasteiger partial charge >= 0.3 is 6.18 Å². The zero-order chi connectivity index (χ0) is 16.2. The molecule has 2 atom stereocenters. The molecule has 0 aliphatic carbocycles. The molecule has 1 rings (SSSR count). The average molecular weight is 324 g/mol. The number of halogens is 3. The third-order valence-corrected chi connectivity index (χ3v) is 4.02. The summed E-state index contributed by atoms with van der Waals surface area (Å²) in [5, 5.41) is 11.9. The number of aromatic nitrogens is 2. The van der Waals surface area contributed by atoms with Crippen LogP contribution >= 0.6 is 11.8 Å². The summed E-state index contributed by atoms with van der Waals surface area (Å²) < 4.78 is 38.6. The number of hydrogen-bond acceptors (Lipinski definition) is 6. The van der Waals surface area contributed by atoms with E-state index in [9.17, 15) is 18.3 Å². The molecule has 1 heterocycles. The maximum Gasteiger partial charge on any atom is 0.433 e. The molecule has 0 fully saturated rings. The third kappa shape index (κ3) is 4.92. The second-order valence-electron chi connectivity index (χ2n) is 4.72. The maximum absolute atomic E-state index is 12.9. The van der Waals surface area contributed by atoms with Crippen LogP contribution < -0.4 is 10.2 Å². The number of aliphatic hydroxyl groups excluding tert-OH is 1. The van der Waals surface area contributed by atoms with E-state index in [1.54, 1.807) is 21.0 Å². The van der Waals surface area contributed by atoms with Gasteiger partial charge in [0.2, 0.25) is 5.95 Å². The number of rotatable bonds is 6. The Kier molecular flexibility index (Phi) is 6.09. The largest absolute Gasteiger partial charge is 0.433 e. The van der Waals surface area contributed by atoms with Crippen molar-refractivity contribution < 1.29 is 18.3 Å². The highest BCUT2D eigenvalue weighted by molar-refractivity contribution is 7.99. The molecule has 0 saturated carbocycles. The molecule has 21 heavy (non-hydrogen) atoms. The highest BCUT2D eigenvalue weighted by Crippen LogP contribution is 2.30. The van der Waals surface area contributed by atoms with E-state index >= 15 is 0 Å². The first kappa shape index (κ1) is 17.8. The summed E-state index contributed by atoms with van der Waals surface area (Å²) in [6.07, 6.45) is -2.72. The fourth-order valence-electron chi connectivity index (χ4n) is 1.61. The van der Waals surface area contributed by atoms with Gasteiger partial charge in [0.25, 0.3) is 0 Å². The van der Waals surface area contributed by atoms with Gasteiger partial charge in [-0.2, -0.15) is 29.9 Å². The van der Waals surface area contributed by atoms with E-state index in [1.807, 2.05) is 6.26 Å². The fourth-order valence-corrected chi connectivity index (χ4v) is 2.23. The van der Waals surface area contributed by atoms with Gasteiger partial charge in [0.1, 0.15) is 5.82 Å². The first-order valence-corrected chi connectivity index (χ1v) is 7.51. The Hall–Kier alpha value is -1.22. The van der Waals surface area contributed by atoms with Crippen molar-refractivity contribution in [1.82, 2.24) is 9.97 Å². The number of hydrogen-bond donors (Lipinski definition) is 2. The molecule has 0 amide bonds. The Labute approximate surface area is 126 Å². The quantitative estimate of drug-likeness (QED) is 0.835. The minimum Gasteiger partial charge on any atom is -0.395 e. The summed E-state index contributed by atoms with van der Waals surface area (Å²) in [4.78, 5) is 9.04. The molecular formula is C12H19F3N4OS. The van der Waals surface area contributed by atoms with Crippen LogP contribution in [-0.2, 0) is 6.18 Å². The van der Waals surface area contributed by atoms with Crippen molar-refractivity contribution in [1.29, 1.82) is 0 Å². The van der Waals surface area contributed by atoms with E-state index in [0.29, 0.717) is 0 Å². The molecule has 0 radical (unpaired) electrons. The Balaban J connectivity index is 3.09. The zero-order valence-corrected chi connectivity index (χ0v) is 13.1. The minimum atomic E-state index is -4.54. The van der Waals surface area contributed by atoms with Crippen LogP contribution in [0.1, 0.15) is 12.6 Å². The predicted octanol–water partition coefficient (Wildman–Crippen LogP) is 2.09. The Morgan fingerprint density at radius 2 is 2.00 bits per heavy atom. The van der Waals surface area contributed by atoms with Crippen LogP contribution in [0.5, 0.6) is 0 Å². The van der Waals surface area contributed by atoms with E-state index in [1.165, 1.54) is 16.7 Å². The lowest BCUT2D eigenvalue weighted by atomic mass is 10.2. The van der Waals surface area contributed by atoms with Gasteiger partial charge in [-0.15, -0.1) is 0 Å². The van der Waals surface area contributed by atoms with Crippen molar-refractivity contribution in [2.45, 2.75) is 24.4 Å². The van der Waals surface area contributed by atoms with Gasteiger partial charge in [0, 0.05) is 31.5 Å². The maximum atomic E-state index is 12.9. The van der Waals surface area contributed by atoms with Crippen LogP contribution in [0.4, 0.5) is 24.9 Å². The number of aliphatic hydroxyl groups is 1. The summed E-state index contributed by atoms with van der Waals surface area (Å²) >= 11 is 1.42. The van der Waals surface area contributed by atoms with Gasteiger partial charge in [-0.3, -0.25) is 0 Å². The van der Waals surface area contributed by atoms with Crippen molar-refractivity contribution in [3.05, 3.63) is 11.8 Å². The van der Waals surface area contributed by atoms with E-state index in [2.05, 4.69) is 15.3 Å². The molecule has 1 aromatic rings. The van der Waals surface area contributed by atoms with Gasteiger partial charge in [-0.1, -0.05) is 0 Å². The van der Waals surface area contributed by atoms with Gasteiger partial charge in [0.15, 0.2) is 5.69 Å². The third-order valence-electron chi connectivity index (χ3n) is 2.86. The molecule has 0 spiro atoms. The predicted molar refractivity (Wildman–Crippen MR) is 78.8 cm³/mol. The lowest BCUT2D eigenvalue weighted by Gasteiger charge is -2.22. The number of nitrogens with zero attached hydrogens (tertiary/aromatic N) is 3.